The first-order valence-electron chi connectivity index (χ1n) is 8.29. The van der Waals surface area contributed by atoms with E-state index < -0.39 is 5.41 Å². The number of amides is 1. The van der Waals surface area contributed by atoms with Gasteiger partial charge >= 0.3 is 0 Å². The van der Waals surface area contributed by atoms with Crippen LogP contribution in [0, 0.1) is 5.82 Å². The van der Waals surface area contributed by atoms with Crippen LogP contribution in [0.2, 0.25) is 0 Å². The van der Waals surface area contributed by atoms with Crippen LogP contribution in [-0.4, -0.2) is 31.4 Å². The molecule has 0 radical (unpaired) electrons. The van der Waals surface area contributed by atoms with Crippen molar-refractivity contribution in [1.82, 2.24) is 10.2 Å². The molecule has 3 rings (SSSR count). The van der Waals surface area contributed by atoms with Gasteiger partial charge in [-0.3, -0.25) is 4.79 Å². The van der Waals surface area contributed by atoms with Crippen molar-refractivity contribution in [2.75, 3.05) is 20.6 Å². The summed E-state index contributed by atoms with van der Waals surface area (Å²) in [4.78, 5) is 14.8. The number of carbonyl (C=O) groups is 1. The highest BCUT2D eigenvalue weighted by atomic mass is 19.1. The van der Waals surface area contributed by atoms with Gasteiger partial charge in [-0.1, -0.05) is 48.5 Å². The predicted octanol–water partition coefficient (Wildman–Crippen LogP) is 3.28. The van der Waals surface area contributed by atoms with Crippen LogP contribution in [-0.2, 0) is 10.2 Å². The van der Waals surface area contributed by atoms with Gasteiger partial charge in [0.25, 0.3) is 0 Å². The molecule has 0 aliphatic heterocycles. The first-order valence-corrected chi connectivity index (χ1v) is 8.29. The lowest BCUT2D eigenvalue weighted by Crippen LogP contribution is -2.40. The van der Waals surface area contributed by atoms with Gasteiger partial charge in [-0.05, 0) is 38.6 Å². The topological polar surface area (TPSA) is 32.3 Å². The molecule has 1 saturated carbocycles. The number of carbonyl (C=O) groups excluding carboxylic acids is 1. The molecule has 126 valence electrons. The molecule has 0 spiro atoms. The van der Waals surface area contributed by atoms with Crippen molar-refractivity contribution in [3.8, 4) is 0 Å². The van der Waals surface area contributed by atoms with E-state index in [1.807, 2.05) is 32.3 Å². The molecule has 1 aliphatic rings. The number of rotatable bonds is 6. The Morgan fingerprint density at radius 1 is 1.12 bits per heavy atom. The number of halogens is 1. The van der Waals surface area contributed by atoms with Crippen LogP contribution in [0.25, 0.3) is 0 Å². The van der Waals surface area contributed by atoms with Crippen LogP contribution in [0.15, 0.2) is 54.6 Å². The Labute approximate surface area is 142 Å². The average molecular weight is 326 g/mol. The van der Waals surface area contributed by atoms with Gasteiger partial charge in [0.1, 0.15) is 5.82 Å². The SMILES string of the molecule is CN(C)C(CNC(=O)C1(c2ccccc2F)CC1)c1ccccc1. The zero-order chi connectivity index (χ0) is 17.2. The minimum atomic E-state index is -0.682. The molecule has 24 heavy (non-hydrogen) atoms. The van der Waals surface area contributed by atoms with Gasteiger partial charge in [0.2, 0.25) is 5.91 Å². The maximum Gasteiger partial charge on any atom is 0.230 e. The van der Waals surface area contributed by atoms with Crippen LogP contribution >= 0.6 is 0 Å². The normalized spacial score (nSPS) is 16.7. The van der Waals surface area contributed by atoms with E-state index in [9.17, 15) is 9.18 Å². The molecule has 1 unspecified atom stereocenters. The lowest BCUT2D eigenvalue weighted by molar-refractivity contribution is -0.123. The molecule has 1 amide bonds. The van der Waals surface area contributed by atoms with Gasteiger partial charge in [-0.15, -0.1) is 0 Å². The predicted molar refractivity (Wildman–Crippen MR) is 93.2 cm³/mol. The molecular weight excluding hydrogens is 303 g/mol. The van der Waals surface area contributed by atoms with Crippen LogP contribution in [0.3, 0.4) is 0 Å². The van der Waals surface area contributed by atoms with Crippen LogP contribution in [0.5, 0.6) is 0 Å². The summed E-state index contributed by atoms with van der Waals surface area (Å²) < 4.78 is 14.1. The zero-order valence-electron chi connectivity index (χ0n) is 14.1. The van der Waals surface area contributed by atoms with Crippen molar-refractivity contribution >= 4 is 5.91 Å². The Kier molecular flexibility index (Phi) is 4.67. The maximum atomic E-state index is 14.1. The second-order valence-corrected chi connectivity index (χ2v) is 6.66. The van der Waals surface area contributed by atoms with E-state index in [4.69, 9.17) is 0 Å². The minimum absolute atomic E-state index is 0.0737. The standard InChI is InChI=1S/C20H23FN2O/c1-23(2)18(15-8-4-3-5-9-15)14-22-19(24)20(12-13-20)16-10-6-7-11-17(16)21/h3-11,18H,12-14H2,1-2H3,(H,22,24). The van der Waals surface area contributed by atoms with Crippen molar-refractivity contribution in [2.45, 2.75) is 24.3 Å². The lowest BCUT2D eigenvalue weighted by atomic mass is 9.94. The average Bonchev–Trinajstić information content (AvgIpc) is 3.38. The smallest absolute Gasteiger partial charge is 0.230 e. The molecule has 0 aromatic heterocycles. The summed E-state index contributed by atoms with van der Waals surface area (Å²) in [5, 5.41) is 3.04. The molecule has 1 atom stereocenters. The summed E-state index contributed by atoms with van der Waals surface area (Å²) in [5.74, 6) is -0.368. The van der Waals surface area contributed by atoms with E-state index in [2.05, 4.69) is 22.3 Å². The molecular formula is C20H23FN2O. The first kappa shape index (κ1) is 16.7. The quantitative estimate of drug-likeness (QED) is 0.883. The summed E-state index contributed by atoms with van der Waals surface area (Å²) in [6, 6.07) is 16.8. The Morgan fingerprint density at radius 3 is 2.33 bits per heavy atom. The molecule has 2 aromatic rings. The third-order valence-corrected chi connectivity index (χ3v) is 4.84. The van der Waals surface area contributed by atoms with E-state index in [1.165, 1.54) is 6.07 Å². The minimum Gasteiger partial charge on any atom is -0.353 e. The maximum absolute atomic E-state index is 14.1. The number of likely N-dealkylation sites (N-methyl/N-ethyl adjacent to an activating group) is 1. The van der Waals surface area contributed by atoms with E-state index in [-0.39, 0.29) is 17.8 Å². The fourth-order valence-corrected chi connectivity index (χ4v) is 3.23. The van der Waals surface area contributed by atoms with E-state index in [0.717, 1.165) is 5.56 Å². The van der Waals surface area contributed by atoms with Crippen LogP contribution in [0.1, 0.15) is 30.0 Å². The Hall–Kier alpha value is -2.20. The van der Waals surface area contributed by atoms with Crippen molar-refractivity contribution < 1.29 is 9.18 Å². The summed E-state index contributed by atoms with van der Waals surface area (Å²) in [6.45, 7) is 0.506. The molecule has 0 saturated heterocycles. The number of hydrogen-bond acceptors (Lipinski definition) is 2. The highest BCUT2D eigenvalue weighted by molar-refractivity contribution is 5.91. The largest absolute Gasteiger partial charge is 0.353 e. The zero-order valence-corrected chi connectivity index (χ0v) is 14.1. The summed E-state index contributed by atoms with van der Waals surface area (Å²) >= 11 is 0. The third-order valence-electron chi connectivity index (χ3n) is 4.84. The molecule has 4 heteroatoms. The fraction of sp³-hybridized carbons (Fsp3) is 0.350. The molecule has 2 aromatic carbocycles. The molecule has 0 bridgehead atoms. The second-order valence-electron chi connectivity index (χ2n) is 6.66. The Balaban J connectivity index is 1.72. The number of benzene rings is 2. The highest BCUT2D eigenvalue weighted by Gasteiger charge is 2.52. The van der Waals surface area contributed by atoms with E-state index in [0.29, 0.717) is 24.9 Å². The second kappa shape index (κ2) is 6.73. The van der Waals surface area contributed by atoms with Crippen LogP contribution < -0.4 is 5.32 Å². The first-order chi connectivity index (χ1) is 11.5. The molecule has 0 heterocycles. The van der Waals surface area contributed by atoms with Gasteiger partial charge in [0, 0.05) is 12.1 Å². The number of hydrogen-bond donors (Lipinski definition) is 1. The molecule has 1 N–H and O–H groups in total. The highest BCUT2D eigenvalue weighted by Crippen LogP contribution is 2.49. The van der Waals surface area contributed by atoms with Crippen LogP contribution in [0.4, 0.5) is 4.39 Å². The lowest BCUT2D eigenvalue weighted by Gasteiger charge is -2.26. The van der Waals surface area contributed by atoms with Crippen molar-refractivity contribution in [3.63, 3.8) is 0 Å². The third kappa shape index (κ3) is 3.20. The van der Waals surface area contributed by atoms with Gasteiger partial charge in [-0.25, -0.2) is 4.39 Å². The Morgan fingerprint density at radius 2 is 1.75 bits per heavy atom. The molecule has 1 aliphatic carbocycles. The number of nitrogens with one attached hydrogen (secondary N) is 1. The van der Waals surface area contributed by atoms with Crippen molar-refractivity contribution in [1.29, 1.82) is 0 Å². The van der Waals surface area contributed by atoms with Gasteiger partial charge in [0.05, 0.1) is 11.5 Å². The summed E-state index contributed by atoms with van der Waals surface area (Å²) in [5.41, 5.74) is 0.987. The molecule has 3 nitrogen and oxygen atoms in total. The van der Waals surface area contributed by atoms with E-state index >= 15 is 0 Å². The van der Waals surface area contributed by atoms with Crippen molar-refractivity contribution in [2.24, 2.45) is 0 Å². The van der Waals surface area contributed by atoms with Gasteiger partial charge in [-0.2, -0.15) is 0 Å². The van der Waals surface area contributed by atoms with Gasteiger partial charge in [0.15, 0.2) is 0 Å². The van der Waals surface area contributed by atoms with E-state index in [1.54, 1.807) is 18.2 Å². The monoisotopic (exact) mass is 326 g/mol. The summed E-state index contributed by atoms with van der Waals surface area (Å²) in [7, 11) is 3.99. The Bertz CT molecular complexity index is 711. The van der Waals surface area contributed by atoms with Gasteiger partial charge < -0.3 is 10.2 Å². The number of nitrogens with zero attached hydrogens (tertiary/aromatic N) is 1. The molecule has 1 fully saturated rings. The van der Waals surface area contributed by atoms with Crippen molar-refractivity contribution in [3.05, 3.63) is 71.5 Å². The fourth-order valence-electron chi connectivity index (χ4n) is 3.23. The summed E-state index contributed by atoms with van der Waals surface area (Å²) in [6.07, 6.45) is 1.41.